The van der Waals surface area contributed by atoms with Gasteiger partial charge in [0.15, 0.2) is 0 Å². The first-order valence-corrected chi connectivity index (χ1v) is 6.61. The number of aryl methyl sites for hydroxylation is 1. The summed E-state index contributed by atoms with van der Waals surface area (Å²) in [6.45, 7) is 2.66. The highest BCUT2D eigenvalue weighted by atomic mass is 16.3. The molecule has 0 aliphatic rings. The number of hydrogen-bond acceptors (Lipinski definition) is 4. The SMILES string of the molecule is Cc1ccc(CN(C)CC(=O)Nc2ccccc2C#N)o1. The Hall–Kier alpha value is -2.58. The molecular weight excluding hydrogens is 266 g/mol. The lowest BCUT2D eigenvalue weighted by molar-refractivity contribution is -0.117. The van der Waals surface area contributed by atoms with E-state index in [1.807, 2.05) is 31.0 Å². The van der Waals surface area contributed by atoms with Crippen LogP contribution in [0, 0.1) is 18.3 Å². The van der Waals surface area contributed by atoms with E-state index in [1.165, 1.54) is 0 Å². The highest BCUT2D eigenvalue weighted by Crippen LogP contribution is 2.13. The molecule has 0 saturated heterocycles. The third kappa shape index (κ3) is 4.20. The molecule has 1 aromatic heterocycles. The molecule has 1 amide bonds. The first-order valence-electron chi connectivity index (χ1n) is 6.61. The molecule has 108 valence electrons. The summed E-state index contributed by atoms with van der Waals surface area (Å²) >= 11 is 0. The first kappa shape index (κ1) is 14.8. The highest BCUT2D eigenvalue weighted by molar-refractivity contribution is 5.93. The molecule has 0 spiro atoms. The van der Waals surface area contributed by atoms with Crippen molar-refractivity contribution in [3.63, 3.8) is 0 Å². The minimum absolute atomic E-state index is 0.163. The summed E-state index contributed by atoms with van der Waals surface area (Å²) in [5.41, 5.74) is 0.988. The van der Waals surface area contributed by atoms with Gasteiger partial charge in [0.05, 0.1) is 24.3 Å². The smallest absolute Gasteiger partial charge is 0.238 e. The number of likely N-dealkylation sites (N-methyl/N-ethyl adjacent to an activating group) is 1. The number of carbonyl (C=O) groups excluding carboxylic acids is 1. The lowest BCUT2D eigenvalue weighted by Gasteiger charge is -2.15. The molecule has 0 saturated carbocycles. The van der Waals surface area contributed by atoms with Gasteiger partial charge in [-0.05, 0) is 38.2 Å². The van der Waals surface area contributed by atoms with Crippen molar-refractivity contribution in [3.8, 4) is 6.07 Å². The normalized spacial score (nSPS) is 10.4. The first-order chi connectivity index (χ1) is 10.1. The monoisotopic (exact) mass is 283 g/mol. The molecular formula is C16H17N3O2. The Kier molecular flexibility index (Phi) is 4.75. The minimum Gasteiger partial charge on any atom is -0.465 e. The average molecular weight is 283 g/mol. The van der Waals surface area contributed by atoms with Crippen molar-refractivity contribution >= 4 is 11.6 Å². The van der Waals surface area contributed by atoms with Gasteiger partial charge in [-0.15, -0.1) is 0 Å². The lowest BCUT2D eigenvalue weighted by atomic mass is 10.2. The molecule has 1 N–H and O–H groups in total. The Morgan fingerprint density at radius 1 is 1.33 bits per heavy atom. The summed E-state index contributed by atoms with van der Waals surface area (Å²) in [5.74, 6) is 1.51. The van der Waals surface area contributed by atoms with Gasteiger partial charge < -0.3 is 9.73 Å². The van der Waals surface area contributed by atoms with Gasteiger partial charge in [-0.2, -0.15) is 5.26 Å². The van der Waals surface area contributed by atoms with E-state index in [0.717, 1.165) is 11.5 Å². The minimum atomic E-state index is -0.163. The molecule has 0 fully saturated rings. The number of nitrogens with zero attached hydrogens (tertiary/aromatic N) is 2. The number of nitrogens with one attached hydrogen (secondary N) is 1. The second kappa shape index (κ2) is 6.73. The van der Waals surface area contributed by atoms with Crippen LogP contribution < -0.4 is 5.32 Å². The van der Waals surface area contributed by atoms with Gasteiger partial charge in [0.25, 0.3) is 0 Å². The standard InChI is InChI=1S/C16H17N3O2/c1-12-7-8-14(21-12)10-19(2)11-16(20)18-15-6-4-3-5-13(15)9-17/h3-8H,10-11H2,1-2H3,(H,18,20). The Morgan fingerprint density at radius 3 is 2.76 bits per heavy atom. The summed E-state index contributed by atoms with van der Waals surface area (Å²) in [6.07, 6.45) is 0. The summed E-state index contributed by atoms with van der Waals surface area (Å²) in [4.78, 5) is 13.8. The topological polar surface area (TPSA) is 69.3 Å². The number of carbonyl (C=O) groups is 1. The van der Waals surface area contributed by atoms with Crippen LogP contribution in [0.15, 0.2) is 40.8 Å². The van der Waals surface area contributed by atoms with Crippen molar-refractivity contribution in [2.45, 2.75) is 13.5 Å². The maximum atomic E-state index is 12.0. The Balaban J connectivity index is 1.91. The molecule has 0 aliphatic carbocycles. The number of para-hydroxylation sites is 1. The van der Waals surface area contributed by atoms with Crippen LogP contribution in [0.4, 0.5) is 5.69 Å². The highest BCUT2D eigenvalue weighted by Gasteiger charge is 2.10. The predicted octanol–water partition coefficient (Wildman–Crippen LogP) is 2.53. The van der Waals surface area contributed by atoms with E-state index in [-0.39, 0.29) is 12.5 Å². The number of nitriles is 1. The second-order valence-electron chi connectivity index (χ2n) is 4.89. The molecule has 1 aromatic carbocycles. The lowest BCUT2D eigenvalue weighted by Crippen LogP contribution is -2.29. The van der Waals surface area contributed by atoms with Crippen molar-refractivity contribution in [2.24, 2.45) is 0 Å². The van der Waals surface area contributed by atoms with Crippen LogP contribution in [0.2, 0.25) is 0 Å². The molecule has 0 unspecified atom stereocenters. The van der Waals surface area contributed by atoms with Crippen molar-refractivity contribution < 1.29 is 9.21 Å². The number of anilines is 1. The van der Waals surface area contributed by atoms with Crippen LogP contribution in [0.25, 0.3) is 0 Å². The third-order valence-corrected chi connectivity index (χ3v) is 2.96. The molecule has 0 bridgehead atoms. The van der Waals surface area contributed by atoms with Gasteiger partial charge >= 0.3 is 0 Å². The van der Waals surface area contributed by atoms with Crippen LogP contribution in [0.1, 0.15) is 17.1 Å². The predicted molar refractivity (Wildman–Crippen MR) is 79.6 cm³/mol. The average Bonchev–Trinajstić information content (AvgIpc) is 2.84. The van der Waals surface area contributed by atoms with Crippen LogP contribution in [-0.4, -0.2) is 24.4 Å². The third-order valence-electron chi connectivity index (χ3n) is 2.96. The molecule has 2 aromatic rings. The zero-order chi connectivity index (χ0) is 15.2. The van der Waals surface area contributed by atoms with E-state index in [4.69, 9.17) is 9.68 Å². The molecule has 2 rings (SSSR count). The van der Waals surface area contributed by atoms with Crippen LogP contribution >= 0.6 is 0 Å². The van der Waals surface area contributed by atoms with Gasteiger partial charge in [-0.3, -0.25) is 9.69 Å². The van der Waals surface area contributed by atoms with Crippen molar-refractivity contribution in [2.75, 3.05) is 18.9 Å². The number of hydrogen-bond donors (Lipinski definition) is 1. The van der Waals surface area contributed by atoms with Crippen molar-refractivity contribution in [1.29, 1.82) is 5.26 Å². The maximum absolute atomic E-state index is 12.0. The summed E-state index contributed by atoms with van der Waals surface area (Å²) in [5, 5.41) is 11.7. The number of furan rings is 1. The molecule has 5 nitrogen and oxygen atoms in total. The maximum Gasteiger partial charge on any atom is 0.238 e. The van der Waals surface area contributed by atoms with Gasteiger partial charge in [0.1, 0.15) is 17.6 Å². The number of rotatable bonds is 5. The Labute approximate surface area is 123 Å². The van der Waals surface area contributed by atoms with Gasteiger partial charge in [-0.25, -0.2) is 0 Å². The number of benzene rings is 1. The summed E-state index contributed by atoms with van der Waals surface area (Å²) < 4.78 is 5.47. The van der Waals surface area contributed by atoms with E-state index >= 15 is 0 Å². The van der Waals surface area contributed by atoms with Crippen molar-refractivity contribution in [1.82, 2.24) is 4.90 Å². The zero-order valence-corrected chi connectivity index (χ0v) is 12.1. The Bertz CT molecular complexity index is 670. The molecule has 5 heteroatoms. The fraction of sp³-hybridized carbons (Fsp3) is 0.250. The Morgan fingerprint density at radius 2 is 2.10 bits per heavy atom. The molecule has 1 heterocycles. The fourth-order valence-corrected chi connectivity index (χ4v) is 2.02. The van der Waals surface area contributed by atoms with Gasteiger partial charge in [0, 0.05) is 0 Å². The van der Waals surface area contributed by atoms with E-state index in [2.05, 4.69) is 11.4 Å². The van der Waals surface area contributed by atoms with E-state index in [1.54, 1.807) is 24.3 Å². The number of amides is 1. The van der Waals surface area contributed by atoms with Crippen molar-refractivity contribution in [3.05, 3.63) is 53.5 Å². The van der Waals surface area contributed by atoms with Crippen LogP contribution in [-0.2, 0) is 11.3 Å². The molecule has 0 radical (unpaired) electrons. The molecule has 0 atom stereocenters. The fourth-order valence-electron chi connectivity index (χ4n) is 2.02. The van der Waals surface area contributed by atoms with Crippen LogP contribution in [0.3, 0.4) is 0 Å². The molecule has 0 aliphatic heterocycles. The largest absolute Gasteiger partial charge is 0.465 e. The van der Waals surface area contributed by atoms with Crippen LogP contribution in [0.5, 0.6) is 0 Å². The quantitative estimate of drug-likeness (QED) is 0.915. The van der Waals surface area contributed by atoms with E-state index < -0.39 is 0 Å². The van der Waals surface area contributed by atoms with E-state index in [9.17, 15) is 4.79 Å². The second-order valence-corrected chi connectivity index (χ2v) is 4.89. The summed E-state index contributed by atoms with van der Waals surface area (Å²) in [7, 11) is 1.84. The zero-order valence-electron chi connectivity index (χ0n) is 12.1. The van der Waals surface area contributed by atoms with E-state index in [0.29, 0.717) is 17.8 Å². The van der Waals surface area contributed by atoms with Gasteiger partial charge in [0.2, 0.25) is 5.91 Å². The molecule has 21 heavy (non-hydrogen) atoms. The van der Waals surface area contributed by atoms with Gasteiger partial charge in [-0.1, -0.05) is 12.1 Å². The summed E-state index contributed by atoms with van der Waals surface area (Å²) in [6, 6.07) is 12.8.